The molecule has 0 radical (unpaired) electrons. The highest BCUT2D eigenvalue weighted by atomic mass is 32.1. The Labute approximate surface area is 117 Å². The van der Waals surface area contributed by atoms with Crippen LogP contribution in [0.4, 0.5) is 0 Å². The molecule has 3 rings (SSSR count). The van der Waals surface area contributed by atoms with Crippen molar-refractivity contribution in [1.82, 2.24) is 10.3 Å². The van der Waals surface area contributed by atoms with Crippen LogP contribution in [0.5, 0.6) is 0 Å². The van der Waals surface area contributed by atoms with E-state index >= 15 is 0 Å². The van der Waals surface area contributed by atoms with E-state index in [1.54, 1.807) is 11.3 Å². The average molecular weight is 268 g/mol. The van der Waals surface area contributed by atoms with Gasteiger partial charge in [-0.15, -0.1) is 11.3 Å². The van der Waals surface area contributed by atoms with E-state index in [4.69, 9.17) is 0 Å². The standard InChI is InChI=1S/C16H16N2S/c1-17-10-14-11-18-16(19-14)9-13-7-4-6-12-5-2-3-8-15(12)13/h2-8,11,17H,9-10H2,1H3. The monoisotopic (exact) mass is 268 g/mol. The first-order chi connectivity index (χ1) is 9.36. The minimum Gasteiger partial charge on any atom is -0.315 e. The van der Waals surface area contributed by atoms with Crippen LogP contribution in [-0.2, 0) is 13.0 Å². The van der Waals surface area contributed by atoms with E-state index in [-0.39, 0.29) is 0 Å². The number of benzene rings is 2. The van der Waals surface area contributed by atoms with Crippen molar-refractivity contribution in [2.75, 3.05) is 7.05 Å². The van der Waals surface area contributed by atoms with Gasteiger partial charge in [0.15, 0.2) is 0 Å². The van der Waals surface area contributed by atoms with Crippen LogP contribution < -0.4 is 5.32 Å². The zero-order valence-electron chi connectivity index (χ0n) is 10.9. The molecule has 19 heavy (non-hydrogen) atoms. The Morgan fingerprint density at radius 1 is 1.11 bits per heavy atom. The highest BCUT2D eigenvalue weighted by molar-refractivity contribution is 7.11. The summed E-state index contributed by atoms with van der Waals surface area (Å²) < 4.78 is 0. The van der Waals surface area contributed by atoms with Gasteiger partial charge in [-0.2, -0.15) is 0 Å². The summed E-state index contributed by atoms with van der Waals surface area (Å²) in [6.45, 7) is 0.896. The lowest BCUT2D eigenvalue weighted by Crippen LogP contribution is -2.02. The maximum absolute atomic E-state index is 4.52. The van der Waals surface area contributed by atoms with E-state index in [1.165, 1.54) is 26.2 Å². The summed E-state index contributed by atoms with van der Waals surface area (Å²) in [6.07, 6.45) is 2.89. The first kappa shape index (κ1) is 12.3. The molecule has 0 fully saturated rings. The molecular formula is C16H16N2S. The number of rotatable bonds is 4. The predicted octanol–water partition coefficient (Wildman–Crippen LogP) is 3.61. The number of hydrogen-bond donors (Lipinski definition) is 1. The van der Waals surface area contributed by atoms with Crippen molar-refractivity contribution in [3.8, 4) is 0 Å². The third kappa shape index (κ3) is 2.67. The third-order valence-electron chi connectivity index (χ3n) is 3.17. The maximum Gasteiger partial charge on any atom is 0.0972 e. The van der Waals surface area contributed by atoms with Gasteiger partial charge in [0, 0.05) is 24.0 Å². The molecule has 0 atom stereocenters. The van der Waals surface area contributed by atoms with Gasteiger partial charge in [0.05, 0.1) is 5.01 Å². The maximum atomic E-state index is 4.52. The molecule has 2 nitrogen and oxygen atoms in total. The first-order valence-corrected chi connectivity index (χ1v) is 7.23. The number of fused-ring (bicyclic) bond motifs is 1. The highest BCUT2D eigenvalue weighted by Crippen LogP contribution is 2.23. The molecule has 0 unspecified atom stereocenters. The molecule has 0 bridgehead atoms. The van der Waals surface area contributed by atoms with Crippen LogP contribution in [0.15, 0.2) is 48.7 Å². The summed E-state index contributed by atoms with van der Waals surface area (Å²) in [6, 6.07) is 15.0. The fourth-order valence-electron chi connectivity index (χ4n) is 2.30. The molecule has 0 aliphatic heterocycles. The van der Waals surface area contributed by atoms with Crippen molar-refractivity contribution in [3.05, 3.63) is 64.1 Å². The SMILES string of the molecule is CNCc1cnc(Cc2cccc3ccccc23)s1. The predicted molar refractivity (Wildman–Crippen MR) is 81.6 cm³/mol. The van der Waals surface area contributed by atoms with E-state index in [1.807, 2.05) is 13.2 Å². The Morgan fingerprint density at radius 2 is 1.95 bits per heavy atom. The molecule has 2 aromatic carbocycles. The Hall–Kier alpha value is -1.71. The molecule has 0 spiro atoms. The van der Waals surface area contributed by atoms with Crippen LogP contribution in [-0.4, -0.2) is 12.0 Å². The molecule has 0 amide bonds. The second-order valence-electron chi connectivity index (χ2n) is 4.57. The third-order valence-corrected chi connectivity index (χ3v) is 4.17. The zero-order valence-corrected chi connectivity index (χ0v) is 11.7. The average Bonchev–Trinajstić information content (AvgIpc) is 2.87. The number of nitrogens with one attached hydrogen (secondary N) is 1. The van der Waals surface area contributed by atoms with Gasteiger partial charge in [0.25, 0.3) is 0 Å². The van der Waals surface area contributed by atoms with Crippen molar-refractivity contribution in [2.45, 2.75) is 13.0 Å². The molecular weight excluding hydrogens is 252 g/mol. The Bertz CT molecular complexity index is 683. The van der Waals surface area contributed by atoms with Crippen molar-refractivity contribution >= 4 is 22.1 Å². The van der Waals surface area contributed by atoms with Crippen LogP contribution in [0.1, 0.15) is 15.4 Å². The van der Waals surface area contributed by atoms with Crippen molar-refractivity contribution in [2.24, 2.45) is 0 Å². The van der Waals surface area contributed by atoms with E-state index in [0.29, 0.717) is 0 Å². The number of aromatic nitrogens is 1. The van der Waals surface area contributed by atoms with Crippen LogP contribution >= 0.6 is 11.3 Å². The second kappa shape index (κ2) is 5.51. The topological polar surface area (TPSA) is 24.9 Å². The molecule has 1 aromatic heterocycles. The van der Waals surface area contributed by atoms with Gasteiger partial charge in [-0.3, -0.25) is 0 Å². The summed E-state index contributed by atoms with van der Waals surface area (Å²) in [4.78, 5) is 5.80. The van der Waals surface area contributed by atoms with Crippen molar-refractivity contribution < 1.29 is 0 Å². The summed E-state index contributed by atoms with van der Waals surface area (Å²) in [5, 5.41) is 6.97. The molecule has 1 N–H and O–H groups in total. The van der Waals surface area contributed by atoms with Gasteiger partial charge in [-0.1, -0.05) is 42.5 Å². The number of thiazole rings is 1. The minimum absolute atomic E-state index is 0.896. The molecule has 0 aliphatic rings. The molecule has 1 heterocycles. The molecule has 96 valence electrons. The molecule has 3 heteroatoms. The van der Waals surface area contributed by atoms with Gasteiger partial charge >= 0.3 is 0 Å². The first-order valence-electron chi connectivity index (χ1n) is 6.41. The van der Waals surface area contributed by atoms with E-state index in [9.17, 15) is 0 Å². The Balaban J connectivity index is 1.92. The molecule has 0 saturated carbocycles. The highest BCUT2D eigenvalue weighted by Gasteiger charge is 2.05. The van der Waals surface area contributed by atoms with Crippen LogP contribution in [0.25, 0.3) is 10.8 Å². The number of hydrogen-bond acceptors (Lipinski definition) is 3. The van der Waals surface area contributed by atoms with Crippen molar-refractivity contribution in [1.29, 1.82) is 0 Å². The zero-order chi connectivity index (χ0) is 13.1. The Kier molecular flexibility index (Phi) is 3.58. The van der Waals surface area contributed by atoms with E-state index < -0.39 is 0 Å². The van der Waals surface area contributed by atoms with Crippen molar-refractivity contribution in [3.63, 3.8) is 0 Å². The van der Waals surface area contributed by atoms with Gasteiger partial charge in [-0.25, -0.2) is 4.98 Å². The molecule has 0 aliphatic carbocycles. The quantitative estimate of drug-likeness (QED) is 0.782. The van der Waals surface area contributed by atoms with E-state index in [0.717, 1.165) is 13.0 Å². The van der Waals surface area contributed by atoms with Gasteiger partial charge in [-0.05, 0) is 23.4 Å². The minimum atomic E-state index is 0.896. The second-order valence-corrected chi connectivity index (χ2v) is 5.77. The van der Waals surface area contributed by atoms with Gasteiger partial charge in [0.2, 0.25) is 0 Å². The van der Waals surface area contributed by atoms with Crippen LogP contribution in [0, 0.1) is 0 Å². The largest absolute Gasteiger partial charge is 0.315 e. The van der Waals surface area contributed by atoms with Gasteiger partial charge in [0.1, 0.15) is 0 Å². The summed E-state index contributed by atoms with van der Waals surface area (Å²) in [5.74, 6) is 0. The fourth-order valence-corrected chi connectivity index (χ4v) is 3.25. The number of nitrogens with zero attached hydrogens (tertiary/aromatic N) is 1. The lowest BCUT2D eigenvalue weighted by Gasteiger charge is -2.04. The lowest BCUT2D eigenvalue weighted by atomic mass is 10.0. The van der Waals surface area contributed by atoms with Crippen LogP contribution in [0.3, 0.4) is 0 Å². The Morgan fingerprint density at radius 3 is 2.84 bits per heavy atom. The smallest absolute Gasteiger partial charge is 0.0972 e. The fraction of sp³-hybridized carbons (Fsp3) is 0.188. The summed E-state index contributed by atoms with van der Waals surface area (Å²) in [5.41, 5.74) is 1.35. The summed E-state index contributed by atoms with van der Waals surface area (Å²) >= 11 is 1.79. The summed E-state index contributed by atoms with van der Waals surface area (Å²) in [7, 11) is 1.96. The van der Waals surface area contributed by atoms with E-state index in [2.05, 4.69) is 52.8 Å². The normalized spacial score (nSPS) is 11.0. The molecule has 0 saturated heterocycles. The molecule has 3 aromatic rings. The van der Waals surface area contributed by atoms with Gasteiger partial charge < -0.3 is 5.32 Å². The van der Waals surface area contributed by atoms with Crippen LogP contribution in [0.2, 0.25) is 0 Å². The lowest BCUT2D eigenvalue weighted by molar-refractivity contribution is 0.829.